The molecule has 1 aromatic carbocycles. The lowest BCUT2D eigenvalue weighted by molar-refractivity contribution is 0.311. The fourth-order valence-corrected chi connectivity index (χ4v) is 2.03. The molecular weight excluding hydrogens is 237 g/mol. The third kappa shape index (κ3) is 2.88. The van der Waals surface area contributed by atoms with Crippen molar-refractivity contribution in [3.63, 3.8) is 0 Å². The van der Waals surface area contributed by atoms with Gasteiger partial charge in [-0.25, -0.2) is 4.39 Å². The zero-order chi connectivity index (χ0) is 12.3. The summed E-state index contributed by atoms with van der Waals surface area (Å²) in [5.74, 6) is -0.249. The fourth-order valence-electron chi connectivity index (χ4n) is 1.92. The molecule has 0 aromatic heterocycles. The molecule has 1 aliphatic rings. The van der Waals surface area contributed by atoms with Gasteiger partial charge in [0.25, 0.3) is 0 Å². The Bertz CT molecular complexity index is 449. The maximum atomic E-state index is 13.9. The van der Waals surface area contributed by atoms with Crippen LogP contribution in [-0.2, 0) is 0 Å². The second kappa shape index (κ2) is 5.36. The number of rotatable bonds is 2. The van der Waals surface area contributed by atoms with E-state index in [1.54, 1.807) is 12.1 Å². The van der Waals surface area contributed by atoms with E-state index in [-0.39, 0.29) is 5.82 Å². The third-order valence-electron chi connectivity index (χ3n) is 2.95. The molecule has 5 heteroatoms. The van der Waals surface area contributed by atoms with Crippen molar-refractivity contribution in [2.24, 2.45) is 4.99 Å². The molecule has 1 aromatic rings. The molecule has 90 valence electrons. The van der Waals surface area contributed by atoms with E-state index in [1.165, 1.54) is 6.07 Å². The number of likely N-dealkylation sites (N-methyl/N-ethyl adjacent to an activating group) is 1. The van der Waals surface area contributed by atoms with E-state index >= 15 is 0 Å². The molecular formula is C12H14FN3S. The summed E-state index contributed by atoms with van der Waals surface area (Å²) >= 11 is 4.49. The molecule has 3 nitrogen and oxygen atoms in total. The Morgan fingerprint density at radius 2 is 2.00 bits per heavy atom. The van der Waals surface area contributed by atoms with E-state index in [0.717, 1.165) is 26.2 Å². The number of thiocarbonyl (C=S) groups is 1. The minimum atomic E-state index is -0.249. The molecule has 0 saturated carbocycles. The van der Waals surface area contributed by atoms with E-state index < -0.39 is 0 Å². The molecule has 1 aliphatic heterocycles. The van der Waals surface area contributed by atoms with Crippen molar-refractivity contribution in [1.29, 1.82) is 0 Å². The zero-order valence-corrected chi connectivity index (χ0v) is 10.5. The number of halogens is 1. The minimum absolute atomic E-state index is 0.249. The molecule has 17 heavy (non-hydrogen) atoms. The molecule has 0 N–H and O–H groups in total. The van der Waals surface area contributed by atoms with Crippen LogP contribution >= 0.6 is 12.2 Å². The van der Waals surface area contributed by atoms with Crippen molar-refractivity contribution >= 4 is 28.8 Å². The van der Waals surface area contributed by atoms with Gasteiger partial charge < -0.3 is 9.80 Å². The van der Waals surface area contributed by atoms with Gasteiger partial charge in [-0.15, -0.1) is 0 Å². The molecule has 0 aliphatic carbocycles. The first kappa shape index (κ1) is 12.2. The van der Waals surface area contributed by atoms with Crippen LogP contribution in [0.4, 0.5) is 15.8 Å². The Hall–Kier alpha value is -1.29. The van der Waals surface area contributed by atoms with Crippen LogP contribution in [0.25, 0.3) is 0 Å². The topological polar surface area (TPSA) is 18.8 Å². The Balaban J connectivity index is 2.18. The van der Waals surface area contributed by atoms with Crippen LogP contribution in [-0.4, -0.2) is 43.3 Å². The Morgan fingerprint density at radius 3 is 2.59 bits per heavy atom. The number of piperazine rings is 1. The summed E-state index contributed by atoms with van der Waals surface area (Å²) in [7, 11) is 2.07. The summed E-state index contributed by atoms with van der Waals surface area (Å²) < 4.78 is 13.9. The fraction of sp³-hybridized carbons (Fsp3) is 0.417. The average Bonchev–Trinajstić information content (AvgIpc) is 2.31. The van der Waals surface area contributed by atoms with Crippen LogP contribution in [0.3, 0.4) is 0 Å². The number of hydrogen-bond acceptors (Lipinski definition) is 4. The molecule has 0 atom stereocenters. The molecule has 1 heterocycles. The van der Waals surface area contributed by atoms with Crippen LogP contribution in [0, 0.1) is 5.82 Å². The Labute approximate surface area is 106 Å². The highest BCUT2D eigenvalue weighted by Crippen LogP contribution is 2.24. The highest BCUT2D eigenvalue weighted by atomic mass is 32.1. The maximum absolute atomic E-state index is 13.9. The summed E-state index contributed by atoms with van der Waals surface area (Å²) in [6.45, 7) is 3.62. The Morgan fingerprint density at radius 1 is 1.29 bits per heavy atom. The standard InChI is InChI=1S/C12H14FN3S/c1-15-4-6-16(7-5-15)12-3-2-10(14-9-17)8-11(12)13/h2-3,8H,4-7H2,1H3. The number of nitrogens with zero attached hydrogens (tertiary/aromatic N) is 3. The third-order valence-corrected chi connectivity index (χ3v) is 3.04. The van der Waals surface area contributed by atoms with E-state index in [9.17, 15) is 4.39 Å². The van der Waals surface area contributed by atoms with Gasteiger partial charge in [0.2, 0.25) is 0 Å². The largest absolute Gasteiger partial charge is 0.367 e. The number of anilines is 1. The SMILES string of the molecule is CN1CCN(c2ccc(N=C=S)cc2F)CC1. The molecule has 1 fully saturated rings. The molecule has 0 bridgehead atoms. The van der Waals surface area contributed by atoms with Crippen molar-refractivity contribution in [2.45, 2.75) is 0 Å². The first-order chi connectivity index (χ1) is 8.20. The number of hydrogen-bond donors (Lipinski definition) is 0. The quantitative estimate of drug-likeness (QED) is 0.594. The number of benzene rings is 1. The smallest absolute Gasteiger partial charge is 0.148 e. The normalized spacial score (nSPS) is 16.7. The van der Waals surface area contributed by atoms with Gasteiger partial charge in [0.05, 0.1) is 16.5 Å². The van der Waals surface area contributed by atoms with Crippen LogP contribution in [0.2, 0.25) is 0 Å². The summed E-state index contributed by atoms with van der Waals surface area (Å²) in [5, 5.41) is 2.24. The highest BCUT2D eigenvalue weighted by Gasteiger charge is 2.17. The molecule has 0 radical (unpaired) electrons. The molecule has 0 unspecified atom stereocenters. The predicted octanol–water partition coefficient (Wildman–Crippen LogP) is 2.31. The van der Waals surface area contributed by atoms with Crippen molar-refractivity contribution in [3.05, 3.63) is 24.0 Å². The van der Waals surface area contributed by atoms with Crippen LogP contribution in [0.1, 0.15) is 0 Å². The van der Waals surface area contributed by atoms with Gasteiger partial charge in [-0.05, 0) is 31.4 Å². The molecule has 2 rings (SSSR count). The van der Waals surface area contributed by atoms with E-state index in [1.807, 2.05) is 0 Å². The summed E-state index contributed by atoms with van der Waals surface area (Å²) in [6.07, 6.45) is 0. The van der Waals surface area contributed by atoms with E-state index in [0.29, 0.717) is 11.4 Å². The first-order valence-electron chi connectivity index (χ1n) is 5.51. The summed E-state index contributed by atoms with van der Waals surface area (Å²) in [4.78, 5) is 8.06. The van der Waals surface area contributed by atoms with Gasteiger partial charge in [-0.2, -0.15) is 4.99 Å². The van der Waals surface area contributed by atoms with Crippen molar-refractivity contribution in [1.82, 2.24) is 4.90 Å². The summed E-state index contributed by atoms with van der Waals surface area (Å²) in [5.41, 5.74) is 1.15. The van der Waals surface area contributed by atoms with Crippen LogP contribution in [0.5, 0.6) is 0 Å². The van der Waals surface area contributed by atoms with Crippen molar-refractivity contribution < 1.29 is 4.39 Å². The van der Waals surface area contributed by atoms with Gasteiger partial charge in [0.1, 0.15) is 5.82 Å². The summed E-state index contributed by atoms with van der Waals surface area (Å²) in [6, 6.07) is 4.91. The van der Waals surface area contributed by atoms with Gasteiger partial charge in [-0.1, -0.05) is 0 Å². The molecule has 0 spiro atoms. The van der Waals surface area contributed by atoms with Gasteiger partial charge in [0, 0.05) is 32.2 Å². The molecule has 0 amide bonds. The lowest BCUT2D eigenvalue weighted by atomic mass is 10.2. The van der Waals surface area contributed by atoms with Crippen LogP contribution in [0.15, 0.2) is 23.2 Å². The average molecular weight is 251 g/mol. The van der Waals surface area contributed by atoms with Crippen LogP contribution < -0.4 is 4.90 Å². The lowest BCUT2D eigenvalue weighted by Crippen LogP contribution is -2.44. The van der Waals surface area contributed by atoms with E-state index in [2.05, 4.69) is 39.2 Å². The monoisotopic (exact) mass is 251 g/mol. The highest BCUT2D eigenvalue weighted by molar-refractivity contribution is 7.78. The zero-order valence-electron chi connectivity index (χ0n) is 9.69. The Kier molecular flexibility index (Phi) is 3.84. The lowest BCUT2D eigenvalue weighted by Gasteiger charge is -2.34. The first-order valence-corrected chi connectivity index (χ1v) is 5.92. The second-order valence-corrected chi connectivity index (χ2v) is 4.31. The van der Waals surface area contributed by atoms with Gasteiger partial charge in [0.15, 0.2) is 0 Å². The van der Waals surface area contributed by atoms with Gasteiger partial charge in [-0.3, -0.25) is 0 Å². The van der Waals surface area contributed by atoms with Gasteiger partial charge >= 0.3 is 0 Å². The number of aliphatic imine (C=N–C) groups is 1. The predicted molar refractivity (Wildman–Crippen MR) is 70.8 cm³/mol. The van der Waals surface area contributed by atoms with E-state index in [4.69, 9.17) is 0 Å². The van der Waals surface area contributed by atoms with Crippen molar-refractivity contribution in [3.8, 4) is 0 Å². The molecule has 1 saturated heterocycles. The minimum Gasteiger partial charge on any atom is -0.367 e. The van der Waals surface area contributed by atoms with Crippen molar-refractivity contribution in [2.75, 3.05) is 38.1 Å². The number of isothiocyanates is 1. The maximum Gasteiger partial charge on any atom is 0.148 e. The second-order valence-electron chi connectivity index (χ2n) is 4.13.